The molecule has 0 aliphatic carbocycles. The lowest BCUT2D eigenvalue weighted by Crippen LogP contribution is -2.38. The quantitative estimate of drug-likeness (QED) is 0.652. The first kappa shape index (κ1) is 21.3. The Morgan fingerprint density at radius 3 is 2.58 bits per heavy atom. The number of hydrogen-bond donors (Lipinski definition) is 1. The Bertz CT molecular complexity index is 1260. The van der Waals surface area contributed by atoms with E-state index in [0.29, 0.717) is 11.6 Å². The fourth-order valence-corrected chi connectivity index (χ4v) is 4.38. The van der Waals surface area contributed by atoms with Gasteiger partial charge in [-0.2, -0.15) is 0 Å². The number of likely N-dealkylation sites (tertiary alicyclic amines) is 1. The van der Waals surface area contributed by atoms with E-state index in [1.54, 1.807) is 7.05 Å². The second-order valence-electron chi connectivity index (χ2n) is 7.79. The number of halogens is 1. The summed E-state index contributed by atoms with van der Waals surface area (Å²) in [5.41, 5.74) is 0.548. The van der Waals surface area contributed by atoms with E-state index in [4.69, 9.17) is 11.6 Å². The maximum Gasteiger partial charge on any atom is 0.332 e. The van der Waals surface area contributed by atoms with E-state index in [1.165, 1.54) is 23.9 Å². The average Bonchev–Trinajstić information content (AvgIpc) is 3.31. The summed E-state index contributed by atoms with van der Waals surface area (Å²) in [5, 5.41) is 3.86. The van der Waals surface area contributed by atoms with Gasteiger partial charge in [-0.15, -0.1) is 0 Å². The Kier molecular flexibility index (Phi) is 5.93. The van der Waals surface area contributed by atoms with Crippen molar-refractivity contribution in [2.75, 3.05) is 19.6 Å². The first-order chi connectivity index (χ1) is 14.9. The van der Waals surface area contributed by atoms with Crippen LogP contribution in [0.4, 0.5) is 0 Å². The van der Waals surface area contributed by atoms with E-state index in [9.17, 15) is 14.4 Å². The molecule has 8 nitrogen and oxygen atoms in total. The van der Waals surface area contributed by atoms with Crippen LogP contribution >= 0.6 is 11.6 Å². The van der Waals surface area contributed by atoms with E-state index in [2.05, 4.69) is 15.2 Å². The predicted molar refractivity (Wildman–Crippen MR) is 120 cm³/mol. The summed E-state index contributed by atoms with van der Waals surface area (Å²) in [6.07, 6.45) is 3.62. The third-order valence-electron chi connectivity index (χ3n) is 5.86. The number of amides is 1. The van der Waals surface area contributed by atoms with Crippen molar-refractivity contribution in [3.05, 3.63) is 73.5 Å². The maximum atomic E-state index is 12.9. The molecule has 9 heteroatoms. The number of pyridine rings is 1. The molecule has 1 aromatic carbocycles. The SMILES string of the molecule is Cn1c(=O)c2cc(C(=O)NCC(c3ccccc3Cl)N3CCCC3)cnc2n(C)c1=O. The number of hydrogen-bond acceptors (Lipinski definition) is 5. The lowest BCUT2D eigenvalue weighted by molar-refractivity contribution is 0.0937. The maximum absolute atomic E-state index is 12.9. The van der Waals surface area contributed by atoms with E-state index in [0.717, 1.165) is 36.1 Å². The summed E-state index contributed by atoms with van der Waals surface area (Å²) >= 11 is 6.44. The molecule has 162 valence electrons. The summed E-state index contributed by atoms with van der Waals surface area (Å²) in [4.78, 5) is 44.0. The van der Waals surface area contributed by atoms with Crippen LogP contribution in [0.25, 0.3) is 11.0 Å². The molecule has 2 aromatic heterocycles. The van der Waals surface area contributed by atoms with Crippen LogP contribution < -0.4 is 16.6 Å². The molecule has 3 heterocycles. The Labute approximate surface area is 184 Å². The molecule has 1 unspecified atom stereocenters. The van der Waals surface area contributed by atoms with Gasteiger partial charge in [0.05, 0.1) is 17.0 Å². The van der Waals surface area contributed by atoms with Gasteiger partial charge in [0.2, 0.25) is 0 Å². The molecule has 1 N–H and O–H groups in total. The fourth-order valence-electron chi connectivity index (χ4n) is 4.12. The minimum atomic E-state index is -0.480. The van der Waals surface area contributed by atoms with Gasteiger partial charge in [-0.3, -0.25) is 23.6 Å². The number of aromatic nitrogens is 3. The van der Waals surface area contributed by atoms with Crippen LogP contribution in [0.1, 0.15) is 34.8 Å². The van der Waals surface area contributed by atoms with Crippen LogP contribution in [0.5, 0.6) is 0 Å². The fraction of sp³-hybridized carbons (Fsp3) is 0.364. The highest BCUT2D eigenvalue weighted by Gasteiger charge is 2.26. The number of aryl methyl sites for hydroxylation is 1. The molecule has 0 saturated carbocycles. The first-order valence-electron chi connectivity index (χ1n) is 10.2. The van der Waals surface area contributed by atoms with E-state index in [-0.39, 0.29) is 28.5 Å². The molecular formula is C22H24ClN5O3. The molecule has 3 aromatic rings. The van der Waals surface area contributed by atoms with Crippen LogP contribution in [0.2, 0.25) is 5.02 Å². The van der Waals surface area contributed by atoms with Crippen molar-refractivity contribution < 1.29 is 4.79 Å². The number of rotatable bonds is 5. The zero-order valence-electron chi connectivity index (χ0n) is 17.5. The third-order valence-corrected chi connectivity index (χ3v) is 6.20. The average molecular weight is 442 g/mol. The molecule has 1 aliphatic heterocycles. The predicted octanol–water partition coefficient (Wildman–Crippen LogP) is 1.85. The lowest BCUT2D eigenvalue weighted by atomic mass is 10.1. The highest BCUT2D eigenvalue weighted by atomic mass is 35.5. The molecule has 1 atom stereocenters. The van der Waals surface area contributed by atoms with Gasteiger partial charge in [-0.25, -0.2) is 9.78 Å². The molecule has 1 fully saturated rings. The van der Waals surface area contributed by atoms with E-state index < -0.39 is 11.2 Å². The highest BCUT2D eigenvalue weighted by Crippen LogP contribution is 2.29. The molecule has 0 radical (unpaired) electrons. The smallest absolute Gasteiger partial charge is 0.332 e. The van der Waals surface area contributed by atoms with Gasteiger partial charge in [0.15, 0.2) is 0 Å². The molecule has 1 amide bonds. The second-order valence-corrected chi connectivity index (χ2v) is 8.20. The molecule has 0 bridgehead atoms. The van der Waals surface area contributed by atoms with Gasteiger partial charge < -0.3 is 5.32 Å². The Balaban J connectivity index is 1.61. The summed E-state index contributed by atoms with van der Waals surface area (Å²) < 4.78 is 2.30. The molecule has 4 rings (SSSR count). The lowest BCUT2D eigenvalue weighted by Gasteiger charge is -2.29. The minimum absolute atomic E-state index is 0.0396. The van der Waals surface area contributed by atoms with Gasteiger partial charge in [0, 0.05) is 31.9 Å². The number of benzene rings is 1. The van der Waals surface area contributed by atoms with Crippen molar-refractivity contribution in [3.8, 4) is 0 Å². The van der Waals surface area contributed by atoms with Crippen molar-refractivity contribution in [3.63, 3.8) is 0 Å². The standard InChI is InChI=1S/C22H24ClN5O3/c1-26-19-16(21(30)27(2)22(26)31)11-14(12-24-19)20(29)25-13-18(28-9-5-6-10-28)15-7-3-4-8-17(15)23/h3-4,7-8,11-12,18H,5-6,9-10,13H2,1-2H3,(H,25,29). The Morgan fingerprint density at radius 1 is 1.16 bits per heavy atom. The van der Waals surface area contributed by atoms with Crippen LogP contribution in [-0.4, -0.2) is 44.6 Å². The second kappa shape index (κ2) is 8.64. The normalized spacial score (nSPS) is 15.3. The van der Waals surface area contributed by atoms with Crippen LogP contribution in [0.3, 0.4) is 0 Å². The molecular weight excluding hydrogens is 418 g/mol. The van der Waals surface area contributed by atoms with Crippen molar-refractivity contribution in [2.24, 2.45) is 14.1 Å². The van der Waals surface area contributed by atoms with Gasteiger partial charge in [0.1, 0.15) is 5.65 Å². The Morgan fingerprint density at radius 2 is 1.87 bits per heavy atom. The third kappa shape index (κ3) is 4.00. The monoisotopic (exact) mass is 441 g/mol. The first-order valence-corrected chi connectivity index (χ1v) is 10.6. The summed E-state index contributed by atoms with van der Waals surface area (Å²) in [6.45, 7) is 2.28. The molecule has 0 spiro atoms. The zero-order chi connectivity index (χ0) is 22.1. The topological polar surface area (TPSA) is 89.2 Å². The summed E-state index contributed by atoms with van der Waals surface area (Å²) in [7, 11) is 2.95. The number of nitrogens with zero attached hydrogens (tertiary/aromatic N) is 4. The minimum Gasteiger partial charge on any atom is -0.350 e. The van der Waals surface area contributed by atoms with Gasteiger partial charge >= 0.3 is 5.69 Å². The van der Waals surface area contributed by atoms with Crippen molar-refractivity contribution in [1.82, 2.24) is 24.3 Å². The van der Waals surface area contributed by atoms with Crippen molar-refractivity contribution in [2.45, 2.75) is 18.9 Å². The summed E-state index contributed by atoms with van der Waals surface area (Å²) in [6, 6.07) is 9.12. The molecule has 1 aliphatic rings. The van der Waals surface area contributed by atoms with Crippen LogP contribution in [-0.2, 0) is 14.1 Å². The molecule has 1 saturated heterocycles. The van der Waals surface area contributed by atoms with Crippen molar-refractivity contribution in [1.29, 1.82) is 0 Å². The molecule has 31 heavy (non-hydrogen) atoms. The van der Waals surface area contributed by atoms with Gasteiger partial charge in [-0.1, -0.05) is 29.8 Å². The Hall–Kier alpha value is -2.97. The van der Waals surface area contributed by atoms with E-state index in [1.807, 2.05) is 24.3 Å². The van der Waals surface area contributed by atoms with Gasteiger partial charge in [-0.05, 0) is 43.6 Å². The van der Waals surface area contributed by atoms with Crippen molar-refractivity contribution >= 4 is 28.5 Å². The van der Waals surface area contributed by atoms with E-state index >= 15 is 0 Å². The largest absolute Gasteiger partial charge is 0.350 e. The van der Waals surface area contributed by atoms with Crippen LogP contribution in [0.15, 0.2) is 46.1 Å². The number of fused-ring (bicyclic) bond motifs is 1. The number of carbonyl (C=O) groups is 1. The number of nitrogens with one attached hydrogen (secondary N) is 1. The van der Waals surface area contributed by atoms with Gasteiger partial charge in [0.25, 0.3) is 11.5 Å². The number of carbonyl (C=O) groups excluding carboxylic acids is 1. The zero-order valence-corrected chi connectivity index (χ0v) is 18.2. The highest BCUT2D eigenvalue weighted by molar-refractivity contribution is 6.31. The summed E-state index contributed by atoms with van der Waals surface area (Å²) in [5.74, 6) is -0.332. The van der Waals surface area contributed by atoms with Crippen LogP contribution in [0, 0.1) is 0 Å².